The molecule has 1 fully saturated rings. The zero-order valence-electron chi connectivity index (χ0n) is 22.3. The number of nitrogens with zero attached hydrogens (tertiary/aromatic N) is 5. The number of pyridine rings is 1. The van der Waals surface area contributed by atoms with Crippen molar-refractivity contribution in [2.24, 2.45) is 0 Å². The second-order valence-corrected chi connectivity index (χ2v) is 10.6. The molecule has 3 aromatic heterocycles. The van der Waals surface area contributed by atoms with Crippen LogP contribution in [0.25, 0.3) is 16.7 Å². The summed E-state index contributed by atoms with van der Waals surface area (Å²) in [6.45, 7) is 3.95. The number of amides is 1. The summed E-state index contributed by atoms with van der Waals surface area (Å²) in [6.07, 6.45) is 6.81. The molecule has 2 aliphatic rings. The molecule has 2 aromatic carbocycles. The maximum absolute atomic E-state index is 14.0. The SMILES string of the molecule is CCc1ccccc1C(Cc1ccncc1)N1Cc2cc3c(cc2C1=O)[nH]c(=O)c1nnc(C2CCOCC2)n13. The van der Waals surface area contributed by atoms with Crippen LogP contribution in [0.1, 0.15) is 70.2 Å². The van der Waals surface area contributed by atoms with E-state index in [2.05, 4.69) is 45.3 Å². The van der Waals surface area contributed by atoms with Gasteiger partial charge in [-0.3, -0.25) is 19.0 Å². The molecule has 1 amide bonds. The summed E-state index contributed by atoms with van der Waals surface area (Å²) in [7, 11) is 0. The van der Waals surface area contributed by atoms with Crippen molar-refractivity contribution in [3.8, 4) is 0 Å². The summed E-state index contributed by atoms with van der Waals surface area (Å²) < 4.78 is 7.44. The van der Waals surface area contributed by atoms with Crippen LogP contribution in [0.4, 0.5) is 0 Å². The highest BCUT2D eigenvalue weighted by Crippen LogP contribution is 2.37. The highest BCUT2D eigenvalue weighted by atomic mass is 16.5. The number of fused-ring (bicyclic) bond motifs is 4. The number of rotatable bonds is 6. The van der Waals surface area contributed by atoms with E-state index in [4.69, 9.17) is 4.74 Å². The molecule has 1 saturated heterocycles. The van der Waals surface area contributed by atoms with Crippen molar-refractivity contribution < 1.29 is 9.53 Å². The molecule has 0 aliphatic carbocycles. The number of aryl methyl sites for hydroxylation is 1. The van der Waals surface area contributed by atoms with E-state index in [0.717, 1.165) is 47.3 Å². The van der Waals surface area contributed by atoms with Gasteiger partial charge in [-0.1, -0.05) is 31.2 Å². The van der Waals surface area contributed by atoms with Crippen molar-refractivity contribution in [2.75, 3.05) is 13.2 Å². The van der Waals surface area contributed by atoms with Gasteiger partial charge >= 0.3 is 0 Å². The van der Waals surface area contributed by atoms with E-state index in [1.807, 2.05) is 39.6 Å². The number of carbonyl (C=O) groups excluding carboxylic acids is 1. The van der Waals surface area contributed by atoms with E-state index in [0.29, 0.717) is 37.3 Å². The van der Waals surface area contributed by atoms with Gasteiger partial charge in [0.1, 0.15) is 5.82 Å². The second kappa shape index (κ2) is 9.98. The summed E-state index contributed by atoms with van der Waals surface area (Å²) >= 11 is 0. The summed E-state index contributed by atoms with van der Waals surface area (Å²) in [4.78, 5) is 36.1. The van der Waals surface area contributed by atoms with Crippen LogP contribution in [-0.2, 0) is 24.1 Å². The molecular weight excluding hydrogens is 504 g/mol. The van der Waals surface area contributed by atoms with Crippen LogP contribution in [0.3, 0.4) is 0 Å². The minimum absolute atomic E-state index is 0.0313. The fraction of sp³-hybridized carbons (Fsp3) is 0.323. The number of hydrogen-bond donors (Lipinski definition) is 1. The van der Waals surface area contributed by atoms with E-state index >= 15 is 0 Å². The fourth-order valence-electron chi connectivity index (χ4n) is 6.30. The Kier molecular flexibility index (Phi) is 6.15. The van der Waals surface area contributed by atoms with Crippen LogP contribution in [0, 0.1) is 0 Å². The molecule has 5 heterocycles. The monoisotopic (exact) mass is 534 g/mol. The number of nitrogens with one attached hydrogen (secondary N) is 1. The standard InChI is InChI=1S/C31H30N6O3/c1-2-20-5-3-4-6-23(20)26(15-19-7-11-32-12-8-19)36-18-22-16-27-25(17-24(22)31(36)39)33-30(38)29-35-34-28(37(27)29)21-9-13-40-14-10-21/h3-8,11-12,16-17,21,26H,2,9-10,13-15,18H2,1H3,(H,33,38). The van der Waals surface area contributed by atoms with Crippen molar-refractivity contribution in [1.82, 2.24) is 29.5 Å². The zero-order chi connectivity index (χ0) is 27.2. The summed E-state index contributed by atoms with van der Waals surface area (Å²) in [5.41, 5.74) is 6.46. The number of hydrogen-bond acceptors (Lipinski definition) is 6. The summed E-state index contributed by atoms with van der Waals surface area (Å²) in [5.74, 6) is 0.912. The number of H-pyrrole nitrogens is 1. The maximum Gasteiger partial charge on any atom is 0.294 e. The Morgan fingerprint density at radius 2 is 1.85 bits per heavy atom. The minimum Gasteiger partial charge on any atom is -0.381 e. The molecule has 9 heteroatoms. The van der Waals surface area contributed by atoms with Crippen LogP contribution in [0.15, 0.2) is 65.7 Å². The zero-order valence-corrected chi connectivity index (χ0v) is 22.3. The lowest BCUT2D eigenvalue weighted by atomic mass is 9.93. The number of aromatic amines is 1. The topological polar surface area (TPSA) is 105 Å². The van der Waals surface area contributed by atoms with Gasteiger partial charge in [0.15, 0.2) is 0 Å². The molecular formula is C31H30N6O3. The Morgan fingerprint density at radius 1 is 1.05 bits per heavy atom. The Bertz CT molecular complexity index is 1790. The van der Waals surface area contributed by atoms with Gasteiger partial charge in [-0.2, -0.15) is 0 Å². The van der Waals surface area contributed by atoms with Crippen LogP contribution in [-0.4, -0.2) is 48.6 Å². The smallest absolute Gasteiger partial charge is 0.294 e. The van der Waals surface area contributed by atoms with Crippen molar-refractivity contribution in [3.63, 3.8) is 0 Å². The van der Waals surface area contributed by atoms with E-state index in [1.54, 1.807) is 12.4 Å². The molecule has 0 bridgehead atoms. The van der Waals surface area contributed by atoms with Crippen LogP contribution < -0.4 is 5.56 Å². The van der Waals surface area contributed by atoms with Crippen LogP contribution >= 0.6 is 0 Å². The van der Waals surface area contributed by atoms with E-state index < -0.39 is 0 Å². The van der Waals surface area contributed by atoms with E-state index in [1.165, 1.54) is 5.56 Å². The Balaban J connectivity index is 1.34. The number of aromatic nitrogens is 5. The Labute approximate surface area is 230 Å². The van der Waals surface area contributed by atoms with Gasteiger partial charge in [-0.25, -0.2) is 0 Å². The van der Waals surface area contributed by atoms with Crippen LogP contribution in [0.2, 0.25) is 0 Å². The van der Waals surface area contributed by atoms with Gasteiger partial charge in [0.05, 0.1) is 17.1 Å². The third-order valence-electron chi connectivity index (χ3n) is 8.37. The normalized spacial score (nSPS) is 16.6. The number of benzene rings is 2. The predicted octanol–water partition coefficient (Wildman–Crippen LogP) is 4.36. The highest BCUT2D eigenvalue weighted by Gasteiger charge is 2.35. The van der Waals surface area contributed by atoms with Crippen molar-refractivity contribution in [2.45, 2.75) is 51.1 Å². The quantitative estimate of drug-likeness (QED) is 0.347. The first-order valence-corrected chi connectivity index (χ1v) is 13.9. The Hall–Kier alpha value is -4.37. The van der Waals surface area contributed by atoms with Gasteiger partial charge in [-0.05, 0) is 72.2 Å². The lowest BCUT2D eigenvalue weighted by Gasteiger charge is -2.30. The van der Waals surface area contributed by atoms with Gasteiger partial charge in [0.2, 0.25) is 5.65 Å². The van der Waals surface area contributed by atoms with Gasteiger partial charge < -0.3 is 14.6 Å². The van der Waals surface area contributed by atoms with Crippen molar-refractivity contribution in [3.05, 3.63) is 105 Å². The third kappa shape index (κ3) is 4.08. The van der Waals surface area contributed by atoms with E-state index in [-0.39, 0.29) is 29.1 Å². The Morgan fingerprint density at radius 3 is 2.65 bits per heavy atom. The predicted molar refractivity (Wildman–Crippen MR) is 150 cm³/mol. The summed E-state index contributed by atoms with van der Waals surface area (Å²) in [6, 6.07) is 16.1. The van der Waals surface area contributed by atoms with Crippen molar-refractivity contribution >= 4 is 22.6 Å². The van der Waals surface area contributed by atoms with Crippen molar-refractivity contribution in [1.29, 1.82) is 0 Å². The van der Waals surface area contributed by atoms with Gasteiger partial charge in [-0.15, -0.1) is 10.2 Å². The molecule has 0 spiro atoms. The molecule has 1 atom stereocenters. The first-order chi connectivity index (χ1) is 19.6. The molecule has 1 unspecified atom stereocenters. The first kappa shape index (κ1) is 24.7. The first-order valence-electron chi connectivity index (χ1n) is 13.9. The third-order valence-corrected chi connectivity index (χ3v) is 8.37. The van der Waals surface area contributed by atoms with Crippen LogP contribution in [0.5, 0.6) is 0 Å². The lowest BCUT2D eigenvalue weighted by molar-refractivity contribution is 0.0699. The summed E-state index contributed by atoms with van der Waals surface area (Å²) in [5, 5.41) is 8.69. The molecule has 7 rings (SSSR count). The number of ether oxygens (including phenoxy) is 1. The van der Waals surface area contributed by atoms with Gasteiger partial charge in [0, 0.05) is 43.6 Å². The minimum atomic E-state index is -0.312. The maximum atomic E-state index is 14.0. The average Bonchev–Trinajstić information content (AvgIpc) is 3.58. The highest BCUT2D eigenvalue weighted by molar-refractivity contribution is 6.02. The molecule has 9 nitrogen and oxygen atoms in total. The lowest BCUT2D eigenvalue weighted by Crippen LogP contribution is -2.31. The molecule has 5 aromatic rings. The molecule has 40 heavy (non-hydrogen) atoms. The molecule has 1 N–H and O–H groups in total. The molecule has 202 valence electrons. The van der Waals surface area contributed by atoms with Gasteiger partial charge in [0.25, 0.3) is 11.5 Å². The number of carbonyl (C=O) groups is 1. The van der Waals surface area contributed by atoms with E-state index in [9.17, 15) is 9.59 Å². The fourth-order valence-corrected chi connectivity index (χ4v) is 6.30. The second-order valence-electron chi connectivity index (χ2n) is 10.6. The largest absolute Gasteiger partial charge is 0.381 e. The molecule has 2 aliphatic heterocycles. The molecule has 0 radical (unpaired) electrons. The average molecular weight is 535 g/mol. The molecule has 0 saturated carbocycles.